The van der Waals surface area contributed by atoms with Crippen molar-refractivity contribution in [1.82, 2.24) is 9.55 Å². The summed E-state index contributed by atoms with van der Waals surface area (Å²) in [7, 11) is -3.26. The predicted molar refractivity (Wildman–Crippen MR) is 46.8 cm³/mol. The second-order valence-electron chi connectivity index (χ2n) is 2.22. The molecule has 0 aliphatic rings. The predicted octanol–water partition coefficient (Wildman–Crippen LogP) is -0.543. The molecule has 0 amide bonds. The van der Waals surface area contributed by atoms with Crippen molar-refractivity contribution in [2.75, 3.05) is 7.04 Å². The van der Waals surface area contributed by atoms with E-state index < -0.39 is 48.8 Å². The number of imidazole rings is 1. The van der Waals surface area contributed by atoms with E-state index in [4.69, 9.17) is 13.3 Å². The zero-order valence-electron chi connectivity index (χ0n) is 13.1. The van der Waals surface area contributed by atoms with Crippen molar-refractivity contribution < 1.29 is 27.8 Å². The molecular weight excluding hydrogens is 206 g/mol. The van der Waals surface area contributed by atoms with E-state index in [9.17, 15) is 14.9 Å². The molecule has 0 fully saturated rings. The number of hydrogen-bond donors (Lipinski definition) is 1. The molecule has 0 saturated carbocycles. The van der Waals surface area contributed by atoms with E-state index in [1.54, 1.807) is 0 Å². The molecule has 0 unspecified atom stereocenters. The fourth-order valence-corrected chi connectivity index (χ4v) is 0.797. The first-order valence-electron chi connectivity index (χ1n) is 6.49. The summed E-state index contributed by atoms with van der Waals surface area (Å²) < 4.78 is 46.3. The molecule has 8 heteroatoms. The lowest BCUT2D eigenvalue weighted by molar-refractivity contribution is -0.392. The third kappa shape index (κ3) is 2.29. The lowest BCUT2D eigenvalue weighted by Gasteiger charge is -2.01. The van der Waals surface area contributed by atoms with E-state index in [0.717, 1.165) is 0 Å². The van der Waals surface area contributed by atoms with Crippen LogP contribution in [0.3, 0.4) is 0 Å². The molecule has 0 bridgehead atoms. The number of aliphatic hydroxyl groups excluding tert-OH is 1. The fraction of sp³-hybridized carbons (Fsp3) is 0.429. The summed E-state index contributed by atoms with van der Waals surface area (Å²) in [6.45, 7) is -4.36. The average molecular weight is 221 g/mol. The number of aromatic nitrogens is 2. The standard InChI is InChI=1S/C7H9N3O5/c1-15-7(12)3-9-5(4-11)8-2-6(9)10(13)14/h2,11H,3-4H2,1H3/i1D3,2D,3D2. The number of ether oxygens (including phenoxy) is 1. The van der Waals surface area contributed by atoms with Crippen molar-refractivity contribution in [3.63, 3.8) is 0 Å². The SMILES string of the molecule is [2H]c1nc(CO)n(C([2H])([2H])C(=O)OC([2H])([2H])[2H])c1[N+](=O)[O-]. The van der Waals surface area contributed by atoms with Gasteiger partial charge in [-0.25, -0.2) is 9.78 Å². The third-order valence-electron chi connectivity index (χ3n) is 1.37. The van der Waals surface area contributed by atoms with Crippen LogP contribution in [-0.2, 0) is 22.6 Å². The molecule has 0 aromatic carbocycles. The summed E-state index contributed by atoms with van der Waals surface area (Å²) in [5, 5.41) is 19.8. The second kappa shape index (κ2) is 4.51. The van der Waals surface area contributed by atoms with E-state index in [-0.39, 0.29) is 4.57 Å². The van der Waals surface area contributed by atoms with Crippen LogP contribution in [0.1, 0.15) is 14.0 Å². The molecule has 82 valence electrons. The van der Waals surface area contributed by atoms with Gasteiger partial charge in [0.25, 0.3) is 0 Å². The Morgan fingerprint density at radius 2 is 2.80 bits per heavy atom. The Hall–Kier alpha value is -1.96. The molecule has 0 aliphatic heterocycles. The topological polar surface area (TPSA) is 107 Å². The summed E-state index contributed by atoms with van der Waals surface area (Å²) in [5.74, 6) is -3.86. The summed E-state index contributed by atoms with van der Waals surface area (Å²) in [6.07, 6.45) is -0.991. The summed E-state index contributed by atoms with van der Waals surface area (Å²) >= 11 is 0. The van der Waals surface area contributed by atoms with Gasteiger partial charge in [0.05, 0.1) is 15.3 Å². The van der Waals surface area contributed by atoms with Crippen LogP contribution in [0.5, 0.6) is 0 Å². The Kier molecular flexibility index (Phi) is 1.57. The first-order valence-corrected chi connectivity index (χ1v) is 3.49. The maximum Gasteiger partial charge on any atom is 0.348 e. The van der Waals surface area contributed by atoms with E-state index in [1.807, 2.05) is 0 Å². The highest BCUT2D eigenvalue weighted by Crippen LogP contribution is 2.14. The molecule has 15 heavy (non-hydrogen) atoms. The van der Waals surface area contributed by atoms with Gasteiger partial charge >= 0.3 is 11.8 Å². The highest BCUT2D eigenvalue weighted by molar-refractivity contribution is 5.69. The number of aliphatic hydroxyl groups is 1. The minimum absolute atomic E-state index is 0.0173. The molecular formula is C7H9N3O5. The zero-order valence-corrected chi connectivity index (χ0v) is 7.13. The summed E-state index contributed by atoms with van der Waals surface area (Å²) in [6, 6.07) is 0. The van der Waals surface area contributed by atoms with Gasteiger partial charge in [-0.3, -0.25) is 0 Å². The molecule has 0 saturated heterocycles. The Morgan fingerprint density at radius 1 is 2.07 bits per heavy atom. The Balaban J connectivity index is 3.43. The van der Waals surface area contributed by atoms with Crippen LogP contribution in [0.2, 0.25) is 0 Å². The fourth-order valence-electron chi connectivity index (χ4n) is 0.797. The number of carbonyl (C=O) groups is 1. The third-order valence-corrected chi connectivity index (χ3v) is 1.37. The van der Waals surface area contributed by atoms with E-state index in [1.165, 1.54) is 0 Å². The van der Waals surface area contributed by atoms with Gasteiger partial charge in [0, 0.05) is 0 Å². The van der Waals surface area contributed by atoms with Crippen LogP contribution in [0.15, 0.2) is 6.17 Å². The molecule has 1 rings (SSSR count). The number of rotatable bonds is 4. The smallest absolute Gasteiger partial charge is 0.348 e. The number of esters is 1. The number of nitro groups is 1. The van der Waals surface area contributed by atoms with Crippen LogP contribution >= 0.6 is 0 Å². The monoisotopic (exact) mass is 221 g/mol. The van der Waals surface area contributed by atoms with Crippen molar-refractivity contribution in [3.05, 3.63) is 22.1 Å². The van der Waals surface area contributed by atoms with Crippen LogP contribution in [0.25, 0.3) is 0 Å². The largest absolute Gasteiger partial charge is 0.466 e. The number of methoxy groups -OCH3 is 1. The van der Waals surface area contributed by atoms with Crippen molar-refractivity contribution in [1.29, 1.82) is 0 Å². The van der Waals surface area contributed by atoms with Crippen molar-refractivity contribution in [3.8, 4) is 0 Å². The second-order valence-corrected chi connectivity index (χ2v) is 2.22. The highest BCUT2D eigenvalue weighted by atomic mass is 16.6. The Labute approximate surface area is 92.7 Å². The first kappa shape index (κ1) is 5.21. The lowest BCUT2D eigenvalue weighted by Crippen LogP contribution is -2.15. The zero-order chi connectivity index (χ0) is 16.6. The van der Waals surface area contributed by atoms with Crippen molar-refractivity contribution >= 4 is 11.8 Å². The quantitative estimate of drug-likeness (QED) is 0.415. The van der Waals surface area contributed by atoms with Crippen LogP contribution < -0.4 is 0 Å². The number of nitrogens with zero attached hydrogens (tertiary/aromatic N) is 3. The number of hydrogen-bond acceptors (Lipinski definition) is 6. The summed E-state index contributed by atoms with van der Waals surface area (Å²) in [4.78, 5) is 24.5. The molecule has 0 atom stereocenters. The Bertz CT molecular complexity index is 582. The molecule has 0 radical (unpaired) electrons. The molecule has 0 aliphatic carbocycles. The average Bonchev–Trinajstić information content (AvgIpc) is 2.64. The molecule has 0 spiro atoms. The minimum atomic E-state index is -3.35. The van der Waals surface area contributed by atoms with Gasteiger partial charge in [0.1, 0.15) is 12.8 Å². The van der Waals surface area contributed by atoms with Crippen LogP contribution in [0, 0.1) is 10.1 Å². The van der Waals surface area contributed by atoms with E-state index >= 15 is 0 Å². The van der Waals surface area contributed by atoms with Gasteiger partial charge in [-0.15, -0.1) is 0 Å². The minimum Gasteiger partial charge on any atom is -0.466 e. The van der Waals surface area contributed by atoms with Crippen molar-refractivity contribution in [2.45, 2.75) is 13.1 Å². The summed E-state index contributed by atoms with van der Waals surface area (Å²) in [5.41, 5.74) is 0. The van der Waals surface area contributed by atoms with Crippen LogP contribution in [0.4, 0.5) is 5.82 Å². The maximum atomic E-state index is 11.6. The lowest BCUT2D eigenvalue weighted by atomic mass is 10.5. The van der Waals surface area contributed by atoms with Crippen molar-refractivity contribution in [2.24, 2.45) is 0 Å². The van der Waals surface area contributed by atoms with Gasteiger partial charge in [0.2, 0.25) is 5.82 Å². The van der Waals surface area contributed by atoms with Crippen LogP contribution in [-0.4, -0.2) is 32.6 Å². The van der Waals surface area contributed by atoms with E-state index in [2.05, 4.69) is 9.72 Å². The Morgan fingerprint density at radius 3 is 3.33 bits per heavy atom. The van der Waals surface area contributed by atoms with Gasteiger partial charge in [0.15, 0.2) is 6.50 Å². The number of carbonyl (C=O) groups excluding carboxylic acids is 1. The first-order chi connectivity index (χ1) is 9.41. The van der Waals surface area contributed by atoms with Gasteiger partial charge in [-0.1, -0.05) is 0 Å². The van der Waals surface area contributed by atoms with E-state index in [0.29, 0.717) is 0 Å². The maximum absolute atomic E-state index is 11.6. The normalized spacial score (nSPS) is 17.7. The molecule has 1 aromatic rings. The van der Waals surface area contributed by atoms with Gasteiger partial charge in [-0.2, -0.15) is 4.57 Å². The molecule has 8 nitrogen and oxygen atoms in total. The van der Waals surface area contributed by atoms with Gasteiger partial charge in [-0.05, 0) is 4.92 Å². The molecule has 1 N–H and O–H groups in total. The highest BCUT2D eigenvalue weighted by Gasteiger charge is 2.22. The molecule has 1 heterocycles. The van der Waals surface area contributed by atoms with Gasteiger partial charge < -0.3 is 20.0 Å². The molecule has 1 aromatic heterocycles.